The molecule has 1 aliphatic heterocycles. The van der Waals surface area contributed by atoms with Crippen LogP contribution >= 0.6 is 0 Å². The molecule has 1 amide bonds. The van der Waals surface area contributed by atoms with E-state index in [4.69, 9.17) is 0 Å². The van der Waals surface area contributed by atoms with Gasteiger partial charge in [0.2, 0.25) is 6.41 Å². The highest BCUT2D eigenvalue weighted by atomic mass is 16.1. The Morgan fingerprint density at radius 1 is 1.10 bits per heavy atom. The molecule has 3 heterocycles. The van der Waals surface area contributed by atoms with Gasteiger partial charge in [0.05, 0.1) is 6.20 Å². The smallest absolute Gasteiger partial charge is 0.212 e. The van der Waals surface area contributed by atoms with E-state index in [2.05, 4.69) is 79.2 Å². The molecule has 1 N–H and O–H groups in total. The van der Waals surface area contributed by atoms with E-state index in [1.165, 1.54) is 17.5 Å². The molecular formula is C24H33N5O. The van der Waals surface area contributed by atoms with Crippen LogP contribution in [0, 0.1) is 18.8 Å². The van der Waals surface area contributed by atoms with Gasteiger partial charge in [-0.15, -0.1) is 0 Å². The van der Waals surface area contributed by atoms with Gasteiger partial charge in [-0.3, -0.25) is 4.79 Å². The first-order valence-corrected chi connectivity index (χ1v) is 10.7. The largest absolute Gasteiger partial charge is 0.356 e. The topological polar surface area (TPSA) is 62.5 Å². The lowest BCUT2D eigenvalue weighted by atomic mass is 9.92. The van der Waals surface area contributed by atoms with Crippen molar-refractivity contribution >= 4 is 23.7 Å². The minimum Gasteiger partial charge on any atom is -0.356 e. The minimum atomic E-state index is 0.564. The summed E-state index contributed by atoms with van der Waals surface area (Å²) in [5.41, 5.74) is 3.51. The van der Waals surface area contributed by atoms with Gasteiger partial charge in [-0.2, -0.15) is 9.61 Å². The van der Waals surface area contributed by atoms with Crippen molar-refractivity contribution in [1.29, 1.82) is 0 Å². The zero-order chi connectivity index (χ0) is 21.7. The summed E-state index contributed by atoms with van der Waals surface area (Å²) in [5, 5.41) is 6.97. The zero-order valence-electron chi connectivity index (χ0n) is 18.7. The molecule has 0 spiro atoms. The van der Waals surface area contributed by atoms with E-state index in [1.54, 1.807) is 6.20 Å². The lowest BCUT2D eigenvalue weighted by molar-refractivity contribution is -0.105. The summed E-state index contributed by atoms with van der Waals surface area (Å²) in [5.74, 6) is 3.51. The summed E-state index contributed by atoms with van der Waals surface area (Å²) >= 11 is 0. The zero-order valence-corrected chi connectivity index (χ0v) is 18.7. The Kier molecular flexibility index (Phi) is 7.08. The van der Waals surface area contributed by atoms with Gasteiger partial charge in [0.1, 0.15) is 11.6 Å². The average Bonchev–Trinajstić information content (AvgIpc) is 3.16. The molecular weight excluding hydrogens is 374 g/mol. The van der Waals surface area contributed by atoms with Crippen molar-refractivity contribution in [3.63, 3.8) is 0 Å². The molecule has 1 fully saturated rings. The number of carbonyl (C=O) groups is 1. The number of piperidine rings is 1. The number of anilines is 2. The Morgan fingerprint density at radius 3 is 2.37 bits per heavy atom. The van der Waals surface area contributed by atoms with Crippen molar-refractivity contribution in [2.45, 2.75) is 47.0 Å². The van der Waals surface area contributed by atoms with E-state index >= 15 is 0 Å². The molecule has 1 aliphatic rings. The molecule has 0 aliphatic carbocycles. The molecule has 1 aromatic carbocycles. The first-order valence-electron chi connectivity index (χ1n) is 10.7. The first-order chi connectivity index (χ1) is 14.4. The van der Waals surface area contributed by atoms with Gasteiger partial charge in [0.15, 0.2) is 5.65 Å². The first kappa shape index (κ1) is 21.8. The number of amides is 1. The number of hydrogen-bond acceptors (Lipinski definition) is 4. The summed E-state index contributed by atoms with van der Waals surface area (Å²) in [6.07, 6.45) is 3.64. The van der Waals surface area contributed by atoms with Gasteiger partial charge in [0, 0.05) is 25.2 Å². The second-order valence-electron chi connectivity index (χ2n) is 8.78. The van der Waals surface area contributed by atoms with Crippen LogP contribution in [0.25, 0.3) is 5.65 Å². The quantitative estimate of drug-likeness (QED) is 0.625. The monoisotopic (exact) mass is 407 g/mol. The van der Waals surface area contributed by atoms with E-state index in [1.807, 2.05) is 16.6 Å². The van der Waals surface area contributed by atoms with E-state index in [9.17, 15) is 4.79 Å². The molecule has 1 saturated heterocycles. The van der Waals surface area contributed by atoms with Crippen molar-refractivity contribution < 1.29 is 4.79 Å². The van der Waals surface area contributed by atoms with Gasteiger partial charge in [-0.05, 0) is 36.7 Å². The summed E-state index contributed by atoms with van der Waals surface area (Å²) in [6.45, 7) is 13.1. The van der Waals surface area contributed by atoms with E-state index in [-0.39, 0.29) is 0 Å². The Hall–Kier alpha value is -2.89. The predicted molar refractivity (Wildman–Crippen MR) is 123 cm³/mol. The van der Waals surface area contributed by atoms with Crippen LogP contribution in [-0.4, -0.2) is 34.1 Å². The third kappa shape index (κ3) is 5.38. The second kappa shape index (κ2) is 9.74. The van der Waals surface area contributed by atoms with Crippen LogP contribution in [0.4, 0.5) is 11.6 Å². The standard InChI is InChI=1S/C14H19N5O.C10H14/c1-10-5-11(2)8-18(7-10)14-6-12(15-9-20)17-13-3-4-16-19(13)14;1-8(2)10-6-4-9(3)5-7-10/h3-4,6,9-11H,5,7-8H2,1-2H3,(H,15,17,20);4-8H,1-3H3. The van der Waals surface area contributed by atoms with Gasteiger partial charge in [-0.25, -0.2) is 4.98 Å². The Balaban J connectivity index is 0.000000216. The fraction of sp³-hybridized carbons (Fsp3) is 0.458. The van der Waals surface area contributed by atoms with Gasteiger partial charge < -0.3 is 10.2 Å². The van der Waals surface area contributed by atoms with E-state index in [0.29, 0.717) is 30.0 Å². The summed E-state index contributed by atoms with van der Waals surface area (Å²) < 4.78 is 1.83. The lowest BCUT2D eigenvalue weighted by Crippen LogP contribution is -2.39. The SMILES string of the molecule is CC1CC(C)CN(c2cc(NC=O)nc3ccnn23)C1.Cc1ccc(C(C)C)cc1. The van der Waals surface area contributed by atoms with Crippen LogP contribution < -0.4 is 10.2 Å². The molecule has 4 rings (SSSR count). The third-order valence-electron chi connectivity index (χ3n) is 5.48. The number of hydrogen-bond donors (Lipinski definition) is 1. The summed E-state index contributed by atoms with van der Waals surface area (Å²) in [4.78, 5) is 17.3. The van der Waals surface area contributed by atoms with Crippen LogP contribution in [0.5, 0.6) is 0 Å². The highest BCUT2D eigenvalue weighted by Gasteiger charge is 2.24. The number of carbonyl (C=O) groups excluding carboxylic acids is 1. The Bertz CT molecular complexity index is 953. The molecule has 3 aromatic rings. The third-order valence-corrected chi connectivity index (χ3v) is 5.48. The maximum atomic E-state index is 10.7. The molecule has 30 heavy (non-hydrogen) atoms. The predicted octanol–water partition coefficient (Wildman–Crippen LogP) is 4.90. The Morgan fingerprint density at radius 2 is 1.77 bits per heavy atom. The average molecular weight is 408 g/mol. The molecule has 2 atom stereocenters. The molecule has 0 bridgehead atoms. The van der Waals surface area contributed by atoms with Crippen LogP contribution in [0.15, 0.2) is 42.6 Å². The fourth-order valence-corrected chi connectivity index (χ4v) is 4.06. The van der Waals surface area contributed by atoms with Crippen LogP contribution in [0.2, 0.25) is 0 Å². The van der Waals surface area contributed by atoms with Gasteiger partial charge >= 0.3 is 0 Å². The van der Waals surface area contributed by atoms with Crippen molar-refractivity contribution in [3.8, 4) is 0 Å². The molecule has 0 radical (unpaired) electrons. The summed E-state index contributed by atoms with van der Waals surface area (Å²) in [7, 11) is 0. The maximum Gasteiger partial charge on any atom is 0.212 e. The van der Waals surface area contributed by atoms with Gasteiger partial charge in [-0.1, -0.05) is 57.5 Å². The minimum absolute atomic E-state index is 0.564. The molecule has 0 saturated carbocycles. The van der Waals surface area contributed by atoms with Crippen molar-refractivity contribution in [1.82, 2.24) is 14.6 Å². The molecule has 6 heteroatoms. The number of aromatic nitrogens is 3. The molecule has 160 valence electrons. The molecule has 2 unspecified atom stereocenters. The fourth-order valence-electron chi connectivity index (χ4n) is 4.06. The molecule has 2 aromatic heterocycles. The molecule has 6 nitrogen and oxygen atoms in total. The number of nitrogens with zero attached hydrogens (tertiary/aromatic N) is 4. The highest BCUT2D eigenvalue weighted by Crippen LogP contribution is 2.27. The Labute approximate surface area is 179 Å². The van der Waals surface area contributed by atoms with Crippen molar-refractivity contribution in [2.75, 3.05) is 23.3 Å². The van der Waals surface area contributed by atoms with Crippen LogP contribution in [-0.2, 0) is 4.79 Å². The van der Waals surface area contributed by atoms with Crippen molar-refractivity contribution in [3.05, 3.63) is 53.7 Å². The van der Waals surface area contributed by atoms with E-state index in [0.717, 1.165) is 24.6 Å². The van der Waals surface area contributed by atoms with E-state index < -0.39 is 0 Å². The number of benzene rings is 1. The normalized spacial score (nSPS) is 18.8. The van der Waals surface area contributed by atoms with Crippen LogP contribution in [0.3, 0.4) is 0 Å². The van der Waals surface area contributed by atoms with Crippen molar-refractivity contribution in [2.24, 2.45) is 11.8 Å². The number of nitrogens with one attached hydrogen (secondary N) is 1. The number of fused-ring (bicyclic) bond motifs is 1. The maximum absolute atomic E-state index is 10.7. The second-order valence-corrected chi connectivity index (χ2v) is 8.78. The lowest BCUT2D eigenvalue weighted by Gasteiger charge is -2.36. The summed E-state index contributed by atoms with van der Waals surface area (Å²) in [6, 6.07) is 12.4. The highest BCUT2D eigenvalue weighted by molar-refractivity contribution is 5.72. The van der Waals surface area contributed by atoms with Gasteiger partial charge in [0.25, 0.3) is 0 Å². The number of aryl methyl sites for hydroxylation is 1. The number of rotatable bonds is 4. The van der Waals surface area contributed by atoms with Crippen LogP contribution in [0.1, 0.15) is 51.2 Å².